The van der Waals surface area contributed by atoms with Gasteiger partial charge in [0.2, 0.25) is 11.7 Å². The summed E-state index contributed by atoms with van der Waals surface area (Å²) in [6, 6.07) is 7.30. The lowest BCUT2D eigenvalue weighted by atomic mass is 10.4. The Hall–Kier alpha value is -2.48. The van der Waals surface area contributed by atoms with E-state index in [1.807, 2.05) is 22.8 Å². The molecular formula is C14H14N4O3S. The van der Waals surface area contributed by atoms with Gasteiger partial charge in [-0.05, 0) is 24.3 Å². The molecule has 0 radical (unpaired) electrons. The lowest BCUT2D eigenvalue weighted by Crippen LogP contribution is -2.20. The van der Waals surface area contributed by atoms with Crippen molar-refractivity contribution in [3.8, 4) is 11.6 Å². The summed E-state index contributed by atoms with van der Waals surface area (Å²) in [5.74, 6) is 2.18. The highest BCUT2D eigenvalue weighted by Gasteiger charge is 2.18. The first kappa shape index (κ1) is 14.5. The van der Waals surface area contributed by atoms with E-state index in [1.54, 1.807) is 25.6 Å². The number of rotatable bonds is 6. The number of amides is 1. The van der Waals surface area contributed by atoms with E-state index in [0.29, 0.717) is 23.3 Å². The fourth-order valence-corrected chi connectivity index (χ4v) is 2.70. The molecule has 0 bridgehead atoms. The van der Waals surface area contributed by atoms with E-state index in [9.17, 15) is 4.79 Å². The Bertz CT molecular complexity index is 734. The first-order chi connectivity index (χ1) is 10.8. The molecule has 3 aromatic rings. The summed E-state index contributed by atoms with van der Waals surface area (Å²) in [6.45, 7) is 0.464. The molecule has 0 atom stereocenters. The first-order valence-corrected chi connectivity index (χ1v) is 7.59. The second kappa shape index (κ2) is 6.52. The molecule has 0 aromatic carbocycles. The van der Waals surface area contributed by atoms with Crippen molar-refractivity contribution in [1.29, 1.82) is 0 Å². The van der Waals surface area contributed by atoms with Gasteiger partial charge in [-0.25, -0.2) is 0 Å². The normalized spacial score (nSPS) is 10.8. The highest BCUT2D eigenvalue weighted by Crippen LogP contribution is 2.25. The summed E-state index contributed by atoms with van der Waals surface area (Å²) in [6.07, 6.45) is 3.20. The smallest absolute Gasteiger partial charge is 0.230 e. The van der Waals surface area contributed by atoms with Crippen molar-refractivity contribution < 1.29 is 13.6 Å². The SMILES string of the molecule is CNC(=O)CSc1nnc(-c2ccco2)n1Cc1ccco1. The number of hydrogen-bond acceptors (Lipinski definition) is 6. The number of nitrogens with one attached hydrogen (secondary N) is 1. The van der Waals surface area contributed by atoms with Gasteiger partial charge in [-0.2, -0.15) is 0 Å². The van der Waals surface area contributed by atoms with E-state index in [4.69, 9.17) is 8.83 Å². The monoisotopic (exact) mass is 318 g/mol. The Kier molecular flexibility index (Phi) is 4.29. The average molecular weight is 318 g/mol. The number of carbonyl (C=O) groups excluding carboxylic acids is 1. The van der Waals surface area contributed by atoms with Crippen molar-refractivity contribution >= 4 is 17.7 Å². The molecule has 0 fully saturated rings. The minimum Gasteiger partial charge on any atom is -0.467 e. The van der Waals surface area contributed by atoms with Gasteiger partial charge < -0.3 is 14.2 Å². The molecule has 3 aromatic heterocycles. The zero-order valence-corrected chi connectivity index (χ0v) is 12.7. The summed E-state index contributed by atoms with van der Waals surface area (Å²) in [4.78, 5) is 11.4. The Morgan fingerprint density at radius 3 is 2.77 bits per heavy atom. The van der Waals surface area contributed by atoms with Crippen LogP contribution in [0.25, 0.3) is 11.6 Å². The molecule has 0 aliphatic carbocycles. The van der Waals surface area contributed by atoms with E-state index >= 15 is 0 Å². The van der Waals surface area contributed by atoms with Crippen molar-refractivity contribution in [1.82, 2.24) is 20.1 Å². The largest absolute Gasteiger partial charge is 0.467 e. The van der Waals surface area contributed by atoms with Gasteiger partial charge in [0.25, 0.3) is 0 Å². The average Bonchev–Trinajstić information content (AvgIpc) is 3.27. The van der Waals surface area contributed by atoms with Crippen LogP contribution in [0.4, 0.5) is 0 Å². The first-order valence-electron chi connectivity index (χ1n) is 6.61. The lowest BCUT2D eigenvalue weighted by molar-refractivity contribution is -0.118. The molecule has 0 spiro atoms. The molecule has 0 unspecified atom stereocenters. The molecule has 3 rings (SSSR count). The van der Waals surface area contributed by atoms with Crippen LogP contribution in [0.2, 0.25) is 0 Å². The van der Waals surface area contributed by atoms with Gasteiger partial charge in [-0.15, -0.1) is 10.2 Å². The van der Waals surface area contributed by atoms with Gasteiger partial charge >= 0.3 is 0 Å². The van der Waals surface area contributed by atoms with Gasteiger partial charge in [-0.1, -0.05) is 11.8 Å². The Morgan fingerprint density at radius 2 is 2.09 bits per heavy atom. The molecule has 22 heavy (non-hydrogen) atoms. The van der Waals surface area contributed by atoms with Crippen molar-refractivity contribution in [3.63, 3.8) is 0 Å². The molecule has 114 valence electrons. The van der Waals surface area contributed by atoms with Crippen molar-refractivity contribution in [2.45, 2.75) is 11.7 Å². The van der Waals surface area contributed by atoms with E-state index in [-0.39, 0.29) is 11.7 Å². The van der Waals surface area contributed by atoms with Crippen molar-refractivity contribution in [3.05, 3.63) is 42.6 Å². The summed E-state index contributed by atoms with van der Waals surface area (Å²) >= 11 is 1.31. The molecule has 1 amide bonds. The number of nitrogens with zero attached hydrogens (tertiary/aromatic N) is 3. The summed E-state index contributed by atoms with van der Waals surface area (Å²) < 4.78 is 12.6. The van der Waals surface area contributed by atoms with Gasteiger partial charge in [0, 0.05) is 7.05 Å². The van der Waals surface area contributed by atoms with Crippen LogP contribution in [0.3, 0.4) is 0 Å². The molecule has 0 saturated heterocycles. The standard InChI is InChI=1S/C14H14N4O3S/c1-15-12(19)9-22-14-17-16-13(11-5-3-7-21-11)18(14)8-10-4-2-6-20-10/h2-7H,8-9H2,1H3,(H,15,19). The Labute approximate surface area is 130 Å². The third-order valence-electron chi connectivity index (χ3n) is 2.96. The van der Waals surface area contributed by atoms with Crippen LogP contribution in [0.1, 0.15) is 5.76 Å². The number of aromatic nitrogens is 3. The molecular weight excluding hydrogens is 304 g/mol. The second-order valence-electron chi connectivity index (χ2n) is 4.41. The van der Waals surface area contributed by atoms with Crippen LogP contribution >= 0.6 is 11.8 Å². The zero-order chi connectivity index (χ0) is 15.4. The maximum atomic E-state index is 11.4. The molecule has 0 saturated carbocycles. The molecule has 7 nitrogen and oxygen atoms in total. The predicted molar refractivity (Wildman–Crippen MR) is 80.3 cm³/mol. The number of thioether (sulfide) groups is 1. The Morgan fingerprint density at radius 1 is 1.27 bits per heavy atom. The van der Waals surface area contributed by atoms with E-state index < -0.39 is 0 Å². The highest BCUT2D eigenvalue weighted by molar-refractivity contribution is 7.99. The predicted octanol–water partition coefficient (Wildman–Crippen LogP) is 2.02. The number of hydrogen-bond donors (Lipinski definition) is 1. The van der Waals surface area contributed by atoms with Crippen molar-refractivity contribution in [2.75, 3.05) is 12.8 Å². The van der Waals surface area contributed by atoms with E-state index in [1.165, 1.54) is 11.8 Å². The van der Waals surface area contributed by atoms with Crippen LogP contribution in [-0.4, -0.2) is 33.5 Å². The van der Waals surface area contributed by atoms with E-state index in [0.717, 1.165) is 5.76 Å². The third kappa shape index (κ3) is 3.06. The summed E-state index contributed by atoms with van der Waals surface area (Å²) in [5, 5.41) is 11.5. The topological polar surface area (TPSA) is 86.1 Å². The van der Waals surface area contributed by atoms with Crippen LogP contribution < -0.4 is 5.32 Å². The maximum Gasteiger partial charge on any atom is 0.230 e. The van der Waals surface area contributed by atoms with Gasteiger partial charge in [0.1, 0.15) is 5.76 Å². The van der Waals surface area contributed by atoms with Gasteiger partial charge in [0.15, 0.2) is 10.9 Å². The third-order valence-corrected chi connectivity index (χ3v) is 3.93. The molecule has 3 heterocycles. The van der Waals surface area contributed by atoms with Gasteiger partial charge in [-0.3, -0.25) is 9.36 Å². The quantitative estimate of drug-likeness (QED) is 0.700. The fraction of sp³-hybridized carbons (Fsp3) is 0.214. The summed E-state index contributed by atoms with van der Waals surface area (Å²) in [5.41, 5.74) is 0. The van der Waals surface area contributed by atoms with E-state index in [2.05, 4.69) is 15.5 Å². The maximum absolute atomic E-state index is 11.4. The molecule has 1 N–H and O–H groups in total. The van der Waals surface area contributed by atoms with Gasteiger partial charge in [0.05, 0.1) is 24.8 Å². The Balaban J connectivity index is 1.90. The van der Waals surface area contributed by atoms with Crippen LogP contribution in [0, 0.1) is 0 Å². The van der Waals surface area contributed by atoms with Crippen LogP contribution in [0.5, 0.6) is 0 Å². The fourth-order valence-electron chi connectivity index (χ4n) is 1.89. The minimum atomic E-state index is -0.0721. The second-order valence-corrected chi connectivity index (χ2v) is 5.35. The number of carbonyl (C=O) groups is 1. The molecule has 0 aliphatic heterocycles. The zero-order valence-electron chi connectivity index (χ0n) is 11.9. The number of furan rings is 2. The minimum absolute atomic E-state index is 0.0721. The lowest BCUT2D eigenvalue weighted by Gasteiger charge is -2.07. The highest BCUT2D eigenvalue weighted by atomic mass is 32.2. The van der Waals surface area contributed by atoms with Crippen LogP contribution in [0.15, 0.2) is 50.8 Å². The van der Waals surface area contributed by atoms with Crippen LogP contribution in [-0.2, 0) is 11.3 Å². The summed E-state index contributed by atoms with van der Waals surface area (Å²) in [7, 11) is 1.60. The molecule has 8 heteroatoms. The van der Waals surface area contributed by atoms with Crippen molar-refractivity contribution in [2.24, 2.45) is 0 Å². The molecule has 0 aliphatic rings.